The fourth-order valence-electron chi connectivity index (χ4n) is 2.78. The minimum absolute atomic E-state index is 0.412. The van der Waals surface area contributed by atoms with Gasteiger partial charge in [0.15, 0.2) is 0 Å². The van der Waals surface area contributed by atoms with Crippen LogP contribution in [0.4, 0.5) is 5.69 Å². The van der Waals surface area contributed by atoms with Crippen LogP contribution in [-0.4, -0.2) is 24.2 Å². The molecule has 3 nitrogen and oxygen atoms in total. The van der Waals surface area contributed by atoms with E-state index in [1.807, 2.05) is 18.2 Å². The Labute approximate surface area is 131 Å². The Hall–Kier alpha value is -1.48. The zero-order valence-corrected chi connectivity index (χ0v) is 13.4. The molecule has 1 heterocycles. The Kier molecular flexibility index (Phi) is 4.94. The molecule has 0 spiro atoms. The molecule has 1 aliphatic heterocycles. The largest absolute Gasteiger partial charge is 0.478 e. The van der Waals surface area contributed by atoms with Crippen LogP contribution in [0.25, 0.3) is 6.08 Å². The average Bonchev–Trinajstić information content (AvgIpc) is 2.46. The summed E-state index contributed by atoms with van der Waals surface area (Å²) in [6.45, 7) is 6.50. The van der Waals surface area contributed by atoms with Crippen LogP contribution in [0.1, 0.15) is 38.7 Å². The van der Waals surface area contributed by atoms with Crippen LogP contribution in [-0.2, 0) is 4.79 Å². The normalized spacial score (nSPS) is 18.1. The SMILES string of the molecule is CCC1(C)CCN(c2c(Cl)cccc2/C=C/C(=O)O)CC1. The number of hydrogen-bond donors (Lipinski definition) is 1. The van der Waals surface area contributed by atoms with Gasteiger partial charge in [-0.05, 0) is 36.0 Å². The minimum Gasteiger partial charge on any atom is -0.478 e. The number of aliphatic carboxylic acids is 1. The van der Waals surface area contributed by atoms with Crippen molar-refractivity contribution in [2.24, 2.45) is 5.41 Å². The van der Waals surface area contributed by atoms with Crippen molar-refractivity contribution in [2.75, 3.05) is 18.0 Å². The molecule has 0 aliphatic carbocycles. The lowest BCUT2D eigenvalue weighted by Gasteiger charge is -2.40. The fourth-order valence-corrected chi connectivity index (χ4v) is 3.09. The molecule has 1 aliphatic rings. The summed E-state index contributed by atoms with van der Waals surface area (Å²) in [4.78, 5) is 13.0. The van der Waals surface area contributed by atoms with Crippen LogP contribution in [0.15, 0.2) is 24.3 Å². The lowest BCUT2D eigenvalue weighted by Crippen LogP contribution is -2.38. The zero-order valence-electron chi connectivity index (χ0n) is 12.6. The van der Waals surface area contributed by atoms with Gasteiger partial charge in [0.25, 0.3) is 0 Å². The number of rotatable bonds is 4. The van der Waals surface area contributed by atoms with Crippen LogP contribution in [0.2, 0.25) is 5.02 Å². The van der Waals surface area contributed by atoms with Gasteiger partial charge in [0.2, 0.25) is 0 Å². The average molecular weight is 308 g/mol. The fraction of sp³-hybridized carbons (Fsp3) is 0.471. The van der Waals surface area contributed by atoms with Crippen molar-refractivity contribution in [3.8, 4) is 0 Å². The van der Waals surface area contributed by atoms with Gasteiger partial charge in [0.1, 0.15) is 0 Å². The van der Waals surface area contributed by atoms with Crippen molar-refractivity contribution in [1.82, 2.24) is 0 Å². The molecule has 0 atom stereocenters. The molecule has 4 heteroatoms. The molecule has 1 aromatic carbocycles. The summed E-state index contributed by atoms with van der Waals surface area (Å²) in [5.74, 6) is -0.946. The van der Waals surface area contributed by atoms with Crippen molar-refractivity contribution in [1.29, 1.82) is 0 Å². The Morgan fingerprint density at radius 3 is 2.67 bits per heavy atom. The topological polar surface area (TPSA) is 40.5 Å². The summed E-state index contributed by atoms with van der Waals surface area (Å²) < 4.78 is 0. The minimum atomic E-state index is -0.946. The van der Waals surface area contributed by atoms with E-state index in [0.717, 1.165) is 43.3 Å². The highest BCUT2D eigenvalue weighted by molar-refractivity contribution is 6.33. The number of carbonyl (C=O) groups is 1. The number of halogens is 1. The molecular formula is C17H22ClNO2. The van der Waals surface area contributed by atoms with Gasteiger partial charge < -0.3 is 10.0 Å². The number of para-hydroxylation sites is 1. The number of carboxylic acids is 1. The number of anilines is 1. The van der Waals surface area contributed by atoms with E-state index in [1.54, 1.807) is 6.08 Å². The highest BCUT2D eigenvalue weighted by atomic mass is 35.5. The Morgan fingerprint density at radius 2 is 2.10 bits per heavy atom. The zero-order chi connectivity index (χ0) is 15.5. The second kappa shape index (κ2) is 6.52. The third-order valence-electron chi connectivity index (χ3n) is 4.56. The van der Waals surface area contributed by atoms with Crippen molar-refractivity contribution in [2.45, 2.75) is 33.1 Å². The van der Waals surface area contributed by atoms with E-state index in [4.69, 9.17) is 16.7 Å². The van der Waals surface area contributed by atoms with Gasteiger partial charge in [-0.25, -0.2) is 4.79 Å². The summed E-state index contributed by atoms with van der Waals surface area (Å²) in [5, 5.41) is 9.50. The van der Waals surface area contributed by atoms with E-state index >= 15 is 0 Å². The van der Waals surface area contributed by atoms with E-state index in [-0.39, 0.29) is 0 Å². The highest BCUT2D eigenvalue weighted by Crippen LogP contribution is 2.39. The second-order valence-corrected chi connectivity index (χ2v) is 6.41. The van der Waals surface area contributed by atoms with E-state index in [9.17, 15) is 4.79 Å². The quantitative estimate of drug-likeness (QED) is 0.835. The number of hydrogen-bond acceptors (Lipinski definition) is 2. The molecule has 0 saturated carbocycles. The van der Waals surface area contributed by atoms with E-state index < -0.39 is 5.97 Å². The van der Waals surface area contributed by atoms with Gasteiger partial charge in [-0.1, -0.05) is 44.0 Å². The molecule has 21 heavy (non-hydrogen) atoms. The maximum absolute atomic E-state index is 10.7. The maximum atomic E-state index is 10.7. The summed E-state index contributed by atoms with van der Waals surface area (Å²) in [6.07, 6.45) is 6.25. The number of nitrogens with zero attached hydrogens (tertiary/aromatic N) is 1. The van der Waals surface area contributed by atoms with Crippen LogP contribution < -0.4 is 4.90 Å². The van der Waals surface area contributed by atoms with E-state index in [0.29, 0.717) is 10.4 Å². The molecule has 0 radical (unpaired) electrons. The molecule has 1 N–H and O–H groups in total. The Morgan fingerprint density at radius 1 is 1.43 bits per heavy atom. The third kappa shape index (κ3) is 3.79. The van der Waals surface area contributed by atoms with Gasteiger partial charge in [0, 0.05) is 19.2 Å². The van der Waals surface area contributed by atoms with Crippen LogP contribution >= 0.6 is 11.6 Å². The second-order valence-electron chi connectivity index (χ2n) is 6.00. The van der Waals surface area contributed by atoms with Crippen LogP contribution in [0, 0.1) is 5.41 Å². The van der Waals surface area contributed by atoms with Crippen LogP contribution in [0.3, 0.4) is 0 Å². The Balaban J connectivity index is 2.26. The molecule has 0 unspecified atom stereocenters. The van der Waals surface area contributed by atoms with E-state index in [1.165, 1.54) is 6.42 Å². The molecule has 0 bridgehead atoms. The van der Waals surface area contributed by atoms with Gasteiger partial charge in [0.05, 0.1) is 10.7 Å². The first-order valence-corrected chi connectivity index (χ1v) is 7.77. The van der Waals surface area contributed by atoms with Crippen LogP contribution in [0.5, 0.6) is 0 Å². The van der Waals surface area contributed by atoms with Gasteiger partial charge >= 0.3 is 5.97 Å². The standard InChI is InChI=1S/C17H22ClNO2/c1-3-17(2)9-11-19(12-10-17)16-13(7-8-15(20)21)5-4-6-14(16)18/h4-8H,3,9-12H2,1-2H3,(H,20,21)/b8-7+. The van der Waals surface area contributed by atoms with Gasteiger partial charge in [-0.3, -0.25) is 0 Å². The molecular weight excluding hydrogens is 286 g/mol. The van der Waals surface area contributed by atoms with Crippen molar-refractivity contribution < 1.29 is 9.90 Å². The van der Waals surface area contributed by atoms with Crippen molar-refractivity contribution in [3.63, 3.8) is 0 Å². The Bertz CT molecular complexity index is 546. The van der Waals surface area contributed by atoms with Gasteiger partial charge in [-0.15, -0.1) is 0 Å². The lowest BCUT2D eigenvalue weighted by atomic mass is 9.78. The number of benzene rings is 1. The van der Waals surface area contributed by atoms with Crippen molar-refractivity contribution in [3.05, 3.63) is 34.9 Å². The molecule has 0 aromatic heterocycles. The monoisotopic (exact) mass is 307 g/mol. The van der Waals surface area contributed by atoms with E-state index in [2.05, 4.69) is 18.7 Å². The number of carboxylic acid groups (broad SMARTS) is 1. The molecule has 2 rings (SSSR count). The summed E-state index contributed by atoms with van der Waals surface area (Å²) in [7, 11) is 0. The first-order chi connectivity index (χ1) is 9.95. The molecule has 1 fully saturated rings. The predicted molar refractivity (Wildman–Crippen MR) is 88.0 cm³/mol. The van der Waals surface area contributed by atoms with Gasteiger partial charge in [-0.2, -0.15) is 0 Å². The van der Waals surface area contributed by atoms with Crippen molar-refractivity contribution >= 4 is 29.3 Å². The summed E-state index contributed by atoms with van der Waals surface area (Å²) in [5.41, 5.74) is 2.23. The number of piperidine rings is 1. The summed E-state index contributed by atoms with van der Waals surface area (Å²) in [6, 6.07) is 5.63. The molecule has 1 aromatic rings. The predicted octanol–water partition coefficient (Wildman–Crippen LogP) is 4.45. The molecule has 114 valence electrons. The maximum Gasteiger partial charge on any atom is 0.328 e. The summed E-state index contributed by atoms with van der Waals surface area (Å²) >= 11 is 6.36. The lowest BCUT2D eigenvalue weighted by molar-refractivity contribution is -0.131. The molecule has 0 amide bonds. The first kappa shape index (κ1) is 15.9. The highest BCUT2D eigenvalue weighted by Gasteiger charge is 2.29. The molecule has 1 saturated heterocycles. The first-order valence-electron chi connectivity index (χ1n) is 7.40. The third-order valence-corrected chi connectivity index (χ3v) is 4.87. The smallest absolute Gasteiger partial charge is 0.328 e.